The fourth-order valence-corrected chi connectivity index (χ4v) is 2.08. The Labute approximate surface area is 102 Å². The Morgan fingerprint density at radius 2 is 2.24 bits per heavy atom. The van der Waals surface area contributed by atoms with Crippen molar-refractivity contribution >= 4 is 17.5 Å². The van der Waals surface area contributed by atoms with Gasteiger partial charge in [-0.05, 0) is 19.1 Å². The number of thiazole rings is 1. The van der Waals surface area contributed by atoms with Crippen molar-refractivity contribution < 1.29 is 14.3 Å². The van der Waals surface area contributed by atoms with E-state index in [1.165, 1.54) is 18.4 Å². The number of hydrogen-bond donors (Lipinski definition) is 0. The Kier molecular flexibility index (Phi) is 3.34. The molecule has 0 aliphatic carbocycles. The molecule has 0 atom stereocenters. The Hall–Kier alpha value is -1.95. The van der Waals surface area contributed by atoms with Crippen LogP contribution in [0.5, 0.6) is 5.06 Å². The van der Waals surface area contributed by atoms with Gasteiger partial charge in [0.2, 0.25) is 5.06 Å². The third-order valence-electron chi connectivity index (χ3n) is 1.98. The number of pyridine rings is 1. The first kappa shape index (κ1) is 11.5. The van der Waals surface area contributed by atoms with Crippen LogP contribution < -0.4 is 4.74 Å². The molecule has 0 N–H and O–H groups in total. The van der Waals surface area contributed by atoms with Crippen LogP contribution in [0, 0.1) is 6.92 Å². The number of ether oxygens (including phenoxy) is 2. The fourth-order valence-electron chi connectivity index (χ4n) is 1.19. The van der Waals surface area contributed by atoms with Gasteiger partial charge in [0, 0.05) is 6.20 Å². The van der Waals surface area contributed by atoms with Crippen LogP contribution in [-0.4, -0.2) is 23.2 Å². The van der Waals surface area contributed by atoms with E-state index in [1.54, 1.807) is 13.1 Å². The highest BCUT2D eigenvalue weighted by atomic mass is 32.1. The Balaban J connectivity index is 2.28. The van der Waals surface area contributed by atoms with Gasteiger partial charge in [0.05, 0.1) is 18.5 Å². The number of hydrogen-bond acceptors (Lipinski definition) is 6. The van der Waals surface area contributed by atoms with Crippen molar-refractivity contribution in [3.8, 4) is 15.8 Å². The summed E-state index contributed by atoms with van der Waals surface area (Å²) in [4.78, 5) is 19.5. The van der Waals surface area contributed by atoms with Crippen molar-refractivity contribution in [3.05, 3.63) is 30.1 Å². The van der Waals surface area contributed by atoms with Crippen LogP contribution in [0.25, 0.3) is 10.7 Å². The van der Waals surface area contributed by atoms with E-state index in [-0.39, 0.29) is 0 Å². The highest BCUT2D eigenvalue weighted by Crippen LogP contribution is 2.32. The quantitative estimate of drug-likeness (QED) is 0.767. The van der Waals surface area contributed by atoms with E-state index in [9.17, 15) is 4.79 Å². The minimum atomic E-state index is -0.746. The van der Waals surface area contributed by atoms with Crippen LogP contribution >= 0.6 is 11.3 Å². The Morgan fingerprint density at radius 1 is 1.41 bits per heavy atom. The second kappa shape index (κ2) is 4.92. The lowest BCUT2D eigenvalue weighted by Gasteiger charge is -1.98. The van der Waals surface area contributed by atoms with Gasteiger partial charge in [-0.2, -0.15) is 0 Å². The molecule has 0 spiro atoms. The normalized spacial score (nSPS) is 10.0. The maximum Gasteiger partial charge on any atom is 0.514 e. The predicted octanol–water partition coefficient (Wildman–Crippen LogP) is 2.66. The summed E-state index contributed by atoms with van der Waals surface area (Å²) >= 11 is 1.26. The molecule has 0 bridgehead atoms. The maximum atomic E-state index is 11.0. The monoisotopic (exact) mass is 250 g/mol. The number of carbonyl (C=O) groups is 1. The zero-order chi connectivity index (χ0) is 12.3. The molecule has 6 heteroatoms. The summed E-state index contributed by atoms with van der Waals surface area (Å²) in [6.07, 6.45) is 0.941. The van der Waals surface area contributed by atoms with Crippen molar-refractivity contribution in [2.24, 2.45) is 0 Å². The summed E-state index contributed by atoms with van der Waals surface area (Å²) in [6, 6.07) is 5.55. The van der Waals surface area contributed by atoms with E-state index >= 15 is 0 Å². The number of aromatic nitrogens is 2. The molecule has 2 aromatic heterocycles. The van der Waals surface area contributed by atoms with E-state index in [4.69, 9.17) is 4.74 Å². The molecule has 0 saturated heterocycles. The lowest BCUT2D eigenvalue weighted by molar-refractivity contribution is 0.122. The first-order valence-corrected chi connectivity index (χ1v) is 5.67. The van der Waals surface area contributed by atoms with Gasteiger partial charge in [0.25, 0.3) is 0 Å². The van der Waals surface area contributed by atoms with Crippen molar-refractivity contribution in [2.45, 2.75) is 6.92 Å². The lowest BCUT2D eigenvalue weighted by atomic mass is 10.4. The van der Waals surface area contributed by atoms with Gasteiger partial charge in [-0.25, -0.2) is 9.78 Å². The molecule has 17 heavy (non-hydrogen) atoms. The van der Waals surface area contributed by atoms with Gasteiger partial charge in [0.15, 0.2) is 0 Å². The number of methoxy groups -OCH3 is 1. The average Bonchev–Trinajstić information content (AvgIpc) is 2.72. The largest absolute Gasteiger partial charge is 0.514 e. The van der Waals surface area contributed by atoms with E-state index in [0.717, 1.165) is 5.69 Å². The number of nitrogens with zero attached hydrogens (tertiary/aromatic N) is 2. The van der Waals surface area contributed by atoms with E-state index in [0.29, 0.717) is 15.8 Å². The minimum Gasteiger partial charge on any atom is -0.437 e. The molecule has 0 radical (unpaired) electrons. The molecule has 2 heterocycles. The molecule has 0 amide bonds. The predicted molar refractivity (Wildman–Crippen MR) is 63.1 cm³/mol. The summed E-state index contributed by atoms with van der Waals surface area (Å²) in [5.41, 5.74) is 1.39. The van der Waals surface area contributed by atoms with Crippen LogP contribution in [0.2, 0.25) is 0 Å². The van der Waals surface area contributed by atoms with Crippen LogP contribution in [-0.2, 0) is 4.74 Å². The van der Waals surface area contributed by atoms with E-state index in [1.807, 2.05) is 18.2 Å². The molecule has 0 aromatic carbocycles. The molecule has 88 valence electrons. The highest BCUT2D eigenvalue weighted by molar-refractivity contribution is 7.17. The van der Waals surface area contributed by atoms with E-state index in [2.05, 4.69) is 14.7 Å². The average molecular weight is 250 g/mol. The third-order valence-corrected chi connectivity index (χ3v) is 3.04. The molecule has 0 aliphatic rings. The molecule has 0 fully saturated rings. The zero-order valence-electron chi connectivity index (χ0n) is 9.34. The summed E-state index contributed by atoms with van der Waals surface area (Å²) in [6.45, 7) is 1.77. The van der Waals surface area contributed by atoms with Crippen molar-refractivity contribution in [2.75, 3.05) is 7.11 Å². The van der Waals surface area contributed by atoms with Gasteiger partial charge in [-0.15, -0.1) is 0 Å². The van der Waals surface area contributed by atoms with Crippen LogP contribution in [0.3, 0.4) is 0 Å². The van der Waals surface area contributed by atoms with E-state index < -0.39 is 6.16 Å². The Bertz CT molecular complexity index is 525. The standard InChI is InChI=1S/C11H10N2O3S/c1-7-10(16-11(14)15-2)17-9(13-7)8-5-3-4-6-12-8/h3-6H,1-2H3. The third kappa shape index (κ3) is 2.59. The zero-order valence-corrected chi connectivity index (χ0v) is 10.2. The summed E-state index contributed by atoms with van der Waals surface area (Å²) in [5.74, 6) is 0. The first-order valence-electron chi connectivity index (χ1n) is 4.85. The molecular weight excluding hydrogens is 240 g/mol. The molecule has 2 aromatic rings. The molecule has 5 nitrogen and oxygen atoms in total. The van der Waals surface area contributed by atoms with Gasteiger partial charge in [-0.3, -0.25) is 4.98 Å². The van der Waals surface area contributed by atoms with Gasteiger partial charge in [-0.1, -0.05) is 17.4 Å². The van der Waals surface area contributed by atoms with Crippen LogP contribution in [0.15, 0.2) is 24.4 Å². The van der Waals surface area contributed by atoms with Gasteiger partial charge >= 0.3 is 6.16 Å². The van der Waals surface area contributed by atoms with Crippen molar-refractivity contribution in [3.63, 3.8) is 0 Å². The molecular formula is C11H10N2O3S. The fraction of sp³-hybridized carbons (Fsp3) is 0.182. The minimum absolute atomic E-state index is 0.428. The summed E-state index contributed by atoms with van der Waals surface area (Å²) < 4.78 is 9.39. The lowest BCUT2D eigenvalue weighted by Crippen LogP contribution is -2.06. The number of carbonyl (C=O) groups excluding carboxylic acids is 1. The van der Waals surface area contributed by atoms with Crippen LogP contribution in [0.4, 0.5) is 4.79 Å². The Morgan fingerprint density at radius 3 is 2.88 bits per heavy atom. The number of aryl methyl sites for hydroxylation is 1. The second-order valence-electron chi connectivity index (χ2n) is 3.16. The second-order valence-corrected chi connectivity index (χ2v) is 4.12. The molecule has 0 unspecified atom stereocenters. The smallest absolute Gasteiger partial charge is 0.437 e. The number of rotatable bonds is 2. The molecule has 0 aliphatic heterocycles. The first-order chi connectivity index (χ1) is 8.20. The maximum absolute atomic E-state index is 11.0. The van der Waals surface area contributed by atoms with Crippen LogP contribution in [0.1, 0.15) is 5.69 Å². The highest BCUT2D eigenvalue weighted by Gasteiger charge is 2.14. The SMILES string of the molecule is COC(=O)Oc1sc(-c2ccccn2)nc1C. The topological polar surface area (TPSA) is 61.3 Å². The summed E-state index contributed by atoms with van der Waals surface area (Å²) in [7, 11) is 1.26. The van der Waals surface area contributed by atoms with Gasteiger partial charge in [0.1, 0.15) is 5.01 Å². The van der Waals surface area contributed by atoms with Gasteiger partial charge < -0.3 is 9.47 Å². The molecule has 2 rings (SSSR count). The van der Waals surface area contributed by atoms with Crippen molar-refractivity contribution in [1.29, 1.82) is 0 Å². The summed E-state index contributed by atoms with van der Waals surface area (Å²) in [5, 5.41) is 1.14. The van der Waals surface area contributed by atoms with Crippen molar-refractivity contribution in [1.82, 2.24) is 9.97 Å². The molecule has 0 saturated carbocycles.